The van der Waals surface area contributed by atoms with Gasteiger partial charge in [-0.25, -0.2) is 13.6 Å². The molecule has 0 amide bonds. The van der Waals surface area contributed by atoms with E-state index in [9.17, 15) is 13.6 Å². The minimum atomic E-state index is -1.39. The van der Waals surface area contributed by atoms with Gasteiger partial charge in [0.25, 0.3) is 0 Å². The van der Waals surface area contributed by atoms with Gasteiger partial charge in [-0.15, -0.1) is 0 Å². The first-order valence-corrected chi connectivity index (χ1v) is 5.42. The monoisotopic (exact) mass is 275 g/mol. The number of nitriles is 1. The molecule has 0 atom stereocenters. The number of aromatic carboxylic acids is 1. The number of benzene rings is 2. The van der Waals surface area contributed by atoms with Crippen molar-refractivity contribution in [1.29, 1.82) is 5.26 Å². The van der Waals surface area contributed by atoms with Crippen molar-refractivity contribution >= 4 is 5.97 Å². The fraction of sp³-hybridized carbons (Fsp3) is 0. The predicted molar refractivity (Wildman–Crippen MR) is 64.5 cm³/mol. The van der Waals surface area contributed by atoms with E-state index in [1.54, 1.807) is 6.07 Å². The van der Waals surface area contributed by atoms with Gasteiger partial charge in [0, 0.05) is 0 Å². The third kappa shape index (κ3) is 2.57. The zero-order valence-electron chi connectivity index (χ0n) is 9.93. The molecule has 0 radical (unpaired) electrons. The number of nitrogens with zero attached hydrogens (tertiary/aromatic N) is 1. The first-order valence-electron chi connectivity index (χ1n) is 5.42. The Bertz CT molecular complexity index is 723. The van der Waals surface area contributed by atoms with E-state index < -0.39 is 23.2 Å². The van der Waals surface area contributed by atoms with Gasteiger partial charge >= 0.3 is 5.97 Å². The van der Waals surface area contributed by atoms with Gasteiger partial charge in [-0.3, -0.25) is 0 Å². The van der Waals surface area contributed by atoms with Crippen LogP contribution in [0.25, 0.3) is 0 Å². The number of halogens is 2. The zero-order chi connectivity index (χ0) is 14.7. The van der Waals surface area contributed by atoms with E-state index in [1.165, 1.54) is 12.1 Å². The molecular weight excluding hydrogens is 268 g/mol. The van der Waals surface area contributed by atoms with Crippen LogP contribution in [0.1, 0.15) is 15.9 Å². The Balaban J connectivity index is 2.49. The second kappa shape index (κ2) is 5.36. The van der Waals surface area contributed by atoms with E-state index >= 15 is 0 Å². The molecule has 0 heterocycles. The zero-order valence-corrected chi connectivity index (χ0v) is 9.93. The molecule has 1 N–H and O–H groups in total. The van der Waals surface area contributed by atoms with Crippen molar-refractivity contribution in [3.05, 3.63) is 59.2 Å². The Labute approximate surface area is 112 Å². The number of carboxylic acids is 1. The van der Waals surface area contributed by atoms with Gasteiger partial charge < -0.3 is 9.84 Å². The molecule has 0 saturated carbocycles. The van der Waals surface area contributed by atoms with Gasteiger partial charge in [0.1, 0.15) is 40.3 Å². The Morgan fingerprint density at radius 1 is 1.20 bits per heavy atom. The molecule has 0 aliphatic carbocycles. The van der Waals surface area contributed by atoms with Crippen molar-refractivity contribution in [2.45, 2.75) is 0 Å². The van der Waals surface area contributed by atoms with Gasteiger partial charge in [-0.2, -0.15) is 5.26 Å². The Morgan fingerprint density at radius 2 is 1.95 bits per heavy atom. The van der Waals surface area contributed by atoms with Crippen molar-refractivity contribution in [2.24, 2.45) is 0 Å². The summed E-state index contributed by atoms with van der Waals surface area (Å²) in [6.45, 7) is 0. The highest BCUT2D eigenvalue weighted by atomic mass is 19.1. The lowest BCUT2D eigenvalue weighted by molar-refractivity contribution is 0.0693. The lowest BCUT2D eigenvalue weighted by Crippen LogP contribution is -2.02. The number of carbonyl (C=O) groups is 1. The summed E-state index contributed by atoms with van der Waals surface area (Å²) in [6, 6.07) is 8.22. The minimum absolute atomic E-state index is 0.137. The van der Waals surface area contributed by atoms with Crippen LogP contribution in [0.3, 0.4) is 0 Å². The fourth-order valence-electron chi connectivity index (χ4n) is 1.57. The maximum atomic E-state index is 13.4. The normalized spacial score (nSPS) is 9.85. The van der Waals surface area contributed by atoms with Crippen LogP contribution in [0.4, 0.5) is 8.78 Å². The summed E-state index contributed by atoms with van der Waals surface area (Å²) in [6.07, 6.45) is 0. The SMILES string of the molecule is N#Cc1c(F)cccc1Oc1ccc(F)cc1C(=O)O. The summed E-state index contributed by atoms with van der Waals surface area (Å²) < 4.78 is 31.6. The molecule has 4 nitrogen and oxygen atoms in total. The average molecular weight is 275 g/mol. The standard InChI is InChI=1S/C14H7F2NO3/c15-8-4-5-13(9(6-8)14(18)19)20-12-3-1-2-11(16)10(12)7-17/h1-6H,(H,18,19). The van der Waals surface area contributed by atoms with Gasteiger partial charge in [0.05, 0.1) is 0 Å². The van der Waals surface area contributed by atoms with Crippen molar-refractivity contribution in [3.63, 3.8) is 0 Å². The summed E-state index contributed by atoms with van der Waals surface area (Å²) in [5.41, 5.74) is -0.772. The Hall–Kier alpha value is -2.94. The van der Waals surface area contributed by atoms with Crippen LogP contribution >= 0.6 is 0 Å². The summed E-state index contributed by atoms with van der Waals surface area (Å²) in [4.78, 5) is 11.0. The molecule has 2 rings (SSSR count). The van der Waals surface area contributed by atoms with Crippen LogP contribution in [0, 0.1) is 23.0 Å². The number of carboxylic acid groups (broad SMARTS) is 1. The van der Waals surface area contributed by atoms with Gasteiger partial charge in [0.15, 0.2) is 0 Å². The number of hydrogen-bond acceptors (Lipinski definition) is 3. The van der Waals surface area contributed by atoms with E-state index in [-0.39, 0.29) is 17.1 Å². The summed E-state index contributed by atoms with van der Waals surface area (Å²) in [5, 5.41) is 17.8. The van der Waals surface area contributed by atoms with E-state index in [2.05, 4.69) is 0 Å². The lowest BCUT2D eigenvalue weighted by atomic mass is 10.2. The smallest absolute Gasteiger partial charge is 0.339 e. The molecule has 6 heteroatoms. The predicted octanol–water partition coefficient (Wildman–Crippen LogP) is 3.33. The first kappa shape index (κ1) is 13.5. The maximum absolute atomic E-state index is 13.4. The van der Waals surface area contributed by atoms with Crippen molar-refractivity contribution in [2.75, 3.05) is 0 Å². The first-order chi connectivity index (χ1) is 9.52. The van der Waals surface area contributed by atoms with Crippen LogP contribution in [0.2, 0.25) is 0 Å². The largest absolute Gasteiger partial charge is 0.478 e. The van der Waals surface area contributed by atoms with Crippen LogP contribution in [0.15, 0.2) is 36.4 Å². The average Bonchev–Trinajstić information content (AvgIpc) is 2.41. The molecular formula is C14H7F2NO3. The van der Waals surface area contributed by atoms with Crippen LogP contribution in [0.5, 0.6) is 11.5 Å². The summed E-state index contributed by atoms with van der Waals surface area (Å²) in [5.74, 6) is -3.24. The molecule has 100 valence electrons. The van der Waals surface area contributed by atoms with Gasteiger partial charge in [-0.1, -0.05) is 6.07 Å². The third-order valence-corrected chi connectivity index (χ3v) is 2.48. The summed E-state index contributed by atoms with van der Waals surface area (Å²) >= 11 is 0. The molecule has 0 bridgehead atoms. The molecule has 0 fully saturated rings. The van der Waals surface area contributed by atoms with E-state index in [1.807, 2.05) is 0 Å². The van der Waals surface area contributed by atoms with E-state index in [0.29, 0.717) is 0 Å². The molecule has 0 aliphatic heterocycles. The van der Waals surface area contributed by atoms with Crippen molar-refractivity contribution < 1.29 is 23.4 Å². The van der Waals surface area contributed by atoms with E-state index in [4.69, 9.17) is 15.1 Å². The second-order valence-electron chi connectivity index (χ2n) is 3.77. The molecule has 0 spiro atoms. The van der Waals surface area contributed by atoms with Crippen LogP contribution in [-0.4, -0.2) is 11.1 Å². The third-order valence-electron chi connectivity index (χ3n) is 2.48. The molecule has 0 unspecified atom stereocenters. The van der Waals surface area contributed by atoms with Crippen LogP contribution in [-0.2, 0) is 0 Å². The van der Waals surface area contributed by atoms with Gasteiger partial charge in [0.2, 0.25) is 0 Å². The molecule has 20 heavy (non-hydrogen) atoms. The molecule has 2 aromatic carbocycles. The molecule has 2 aromatic rings. The second-order valence-corrected chi connectivity index (χ2v) is 3.77. The fourth-order valence-corrected chi connectivity index (χ4v) is 1.57. The molecule has 0 aromatic heterocycles. The van der Waals surface area contributed by atoms with Crippen molar-refractivity contribution in [1.82, 2.24) is 0 Å². The topological polar surface area (TPSA) is 70.3 Å². The number of hydrogen-bond donors (Lipinski definition) is 1. The highest BCUT2D eigenvalue weighted by molar-refractivity contribution is 5.91. The minimum Gasteiger partial charge on any atom is -0.478 e. The van der Waals surface area contributed by atoms with Crippen molar-refractivity contribution in [3.8, 4) is 17.6 Å². The summed E-state index contributed by atoms with van der Waals surface area (Å²) in [7, 11) is 0. The quantitative estimate of drug-likeness (QED) is 0.932. The number of rotatable bonds is 3. The number of ether oxygens (including phenoxy) is 1. The Kier molecular flexibility index (Phi) is 3.62. The highest BCUT2D eigenvalue weighted by Gasteiger charge is 2.16. The lowest BCUT2D eigenvalue weighted by Gasteiger charge is -2.10. The highest BCUT2D eigenvalue weighted by Crippen LogP contribution is 2.29. The van der Waals surface area contributed by atoms with Crippen LogP contribution < -0.4 is 4.74 Å². The van der Waals surface area contributed by atoms with E-state index in [0.717, 1.165) is 24.3 Å². The van der Waals surface area contributed by atoms with Gasteiger partial charge in [-0.05, 0) is 30.3 Å². The maximum Gasteiger partial charge on any atom is 0.339 e. The molecule has 0 aliphatic rings. The molecule has 0 saturated heterocycles. The Morgan fingerprint density at radius 3 is 2.60 bits per heavy atom.